The number of nitrogens with one attached hydrogen (secondary N) is 1. The number of piperidine rings is 1. The molecule has 1 aromatic carbocycles. The maximum absolute atomic E-state index is 12.6. The number of hydrogen-bond acceptors (Lipinski definition) is 2. The minimum Gasteiger partial charge on any atom is -0.481 e. The number of amides is 2. The van der Waals surface area contributed by atoms with Crippen molar-refractivity contribution in [2.45, 2.75) is 57.3 Å². The number of urea groups is 1. The molecular weight excluding hydrogens is 328 g/mol. The Morgan fingerprint density at radius 2 is 1.81 bits per heavy atom. The number of likely N-dealkylation sites (tertiary alicyclic amines) is 1. The van der Waals surface area contributed by atoms with Crippen molar-refractivity contribution in [3.8, 4) is 0 Å². The molecule has 0 spiro atoms. The van der Waals surface area contributed by atoms with E-state index in [-0.39, 0.29) is 17.4 Å². The number of carboxylic acids is 1. The standard InChI is InChI=1S/C21H30N2O3/c1-16-7-3-4-8-18(16)21(11-5-2-6-12-21)15-22-20(26)23-13-9-17(10-14-23)19(24)25/h3-4,7-8,17H,2,5-6,9-15H2,1H3,(H,22,26)(H,24,25). The molecule has 2 N–H and O–H groups in total. The van der Waals surface area contributed by atoms with Crippen LogP contribution in [-0.2, 0) is 10.2 Å². The summed E-state index contributed by atoms with van der Waals surface area (Å²) in [6, 6.07) is 8.49. The van der Waals surface area contributed by atoms with Crippen molar-refractivity contribution < 1.29 is 14.7 Å². The number of aliphatic carboxylic acids is 1. The van der Waals surface area contributed by atoms with Crippen LogP contribution in [0.5, 0.6) is 0 Å². The zero-order valence-corrected chi connectivity index (χ0v) is 15.7. The first kappa shape index (κ1) is 18.7. The Kier molecular flexibility index (Phi) is 5.84. The highest BCUT2D eigenvalue weighted by atomic mass is 16.4. The predicted octanol–water partition coefficient (Wildman–Crippen LogP) is 3.70. The van der Waals surface area contributed by atoms with Crippen molar-refractivity contribution in [3.05, 3.63) is 35.4 Å². The summed E-state index contributed by atoms with van der Waals surface area (Å²) in [5.41, 5.74) is 2.69. The van der Waals surface area contributed by atoms with Gasteiger partial charge in [-0.15, -0.1) is 0 Å². The van der Waals surface area contributed by atoms with Crippen molar-refractivity contribution in [1.82, 2.24) is 10.2 Å². The molecule has 1 saturated carbocycles. The average Bonchev–Trinajstić information content (AvgIpc) is 2.67. The fourth-order valence-corrected chi connectivity index (χ4v) is 4.62. The van der Waals surface area contributed by atoms with E-state index in [0.717, 1.165) is 12.8 Å². The Labute approximate surface area is 155 Å². The number of nitrogens with zero attached hydrogens (tertiary/aromatic N) is 1. The van der Waals surface area contributed by atoms with Gasteiger partial charge in [-0.3, -0.25) is 4.79 Å². The molecule has 1 aliphatic carbocycles. The summed E-state index contributed by atoms with van der Waals surface area (Å²) < 4.78 is 0. The molecule has 2 amide bonds. The van der Waals surface area contributed by atoms with Crippen LogP contribution in [0.15, 0.2) is 24.3 Å². The van der Waals surface area contributed by atoms with Gasteiger partial charge in [0.2, 0.25) is 0 Å². The maximum atomic E-state index is 12.6. The molecule has 1 aliphatic heterocycles. The Balaban J connectivity index is 1.64. The number of benzene rings is 1. The molecule has 5 nitrogen and oxygen atoms in total. The molecule has 142 valence electrons. The largest absolute Gasteiger partial charge is 0.481 e. The van der Waals surface area contributed by atoms with E-state index in [2.05, 4.69) is 36.5 Å². The third-order valence-corrected chi connectivity index (χ3v) is 6.24. The number of hydrogen-bond donors (Lipinski definition) is 2. The fourth-order valence-electron chi connectivity index (χ4n) is 4.62. The van der Waals surface area contributed by atoms with Gasteiger partial charge in [0.05, 0.1) is 5.92 Å². The molecule has 26 heavy (non-hydrogen) atoms. The van der Waals surface area contributed by atoms with E-state index in [4.69, 9.17) is 5.11 Å². The third kappa shape index (κ3) is 4.02. The molecule has 2 fully saturated rings. The normalized spacial score (nSPS) is 20.6. The van der Waals surface area contributed by atoms with E-state index in [0.29, 0.717) is 32.5 Å². The first-order valence-electron chi connectivity index (χ1n) is 9.83. The SMILES string of the molecule is Cc1ccccc1C1(CNC(=O)N2CCC(C(=O)O)CC2)CCCCC1. The summed E-state index contributed by atoms with van der Waals surface area (Å²) in [5.74, 6) is -1.05. The van der Waals surface area contributed by atoms with Gasteiger partial charge in [0.25, 0.3) is 0 Å². The lowest BCUT2D eigenvalue weighted by Crippen LogP contribution is -2.50. The van der Waals surface area contributed by atoms with E-state index in [9.17, 15) is 9.59 Å². The molecule has 0 bridgehead atoms. The Morgan fingerprint density at radius 3 is 2.42 bits per heavy atom. The van der Waals surface area contributed by atoms with Crippen LogP contribution in [0.1, 0.15) is 56.1 Å². The summed E-state index contributed by atoms with van der Waals surface area (Å²) in [7, 11) is 0. The van der Waals surface area contributed by atoms with Crippen molar-refractivity contribution in [2.75, 3.05) is 19.6 Å². The van der Waals surface area contributed by atoms with Gasteiger partial charge in [0, 0.05) is 25.0 Å². The first-order valence-corrected chi connectivity index (χ1v) is 9.83. The Hall–Kier alpha value is -2.04. The molecule has 0 unspecified atom stereocenters. The number of carbonyl (C=O) groups excluding carboxylic acids is 1. The molecule has 1 saturated heterocycles. The second-order valence-corrected chi connectivity index (χ2v) is 7.91. The van der Waals surface area contributed by atoms with Crippen LogP contribution >= 0.6 is 0 Å². The van der Waals surface area contributed by atoms with Crippen LogP contribution in [0.3, 0.4) is 0 Å². The van der Waals surface area contributed by atoms with Gasteiger partial charge in [-0.05, 0) is 43.7 Å². The van der Waals surface area contributed by atoms with E-state index in [1.54, 1.807) is 4.90 Å². The van der Waals surface area contributed by atoms with Crippen LogP contribution in [0, 0.1) is 12.8 Å². The zero-order chi connectivity index (χ0) is 18.6. The smallest absolute Gasteiger partial charge is 0.317 e. The number of carbonyl (C=O) groups is 2. The van der Waals surface area contributed by atoms with E-state index < -0.39 is 5.97 Å². The predicted molar refractivity (Wildman–Crippen MR) is 101 cm³/mol. The molecule has 5 heteroatoms. The lowest BCUT2D eigenvalue weighted by molar-refractivity contribution is -0.143. The Bertz CT molecular complexity index is 644. The van der Waals surface area contributed by atoms with Gasteiger partial charge in [0.1, 0.15) is 0 Å². The third-order valence-electron chi connectivity index (χ3n) is 6.24. The number of rotatable bonds is 4. The summed E-state index contributed by atoms with van der Waals surface area (Å²) >= 11 is 0. The summed E-state index contributed by atoms with van der Waals surface area (Å²) in [6.07, 6.45) is 6.99. The van der Waals surface area contributed by atoms with Crippen LogP contribution in [0.25, 0.3) is 0 Å². The van der Waals surface area contributed by atoms with Crippen molar-refractivity contribution in [3.63, 3.8) is 0 Å². The van der Waals surface area contributed by atoms with E-state index >= 15 is 0 Å². The van der Waals surface area contributed by atoms with Crippen molar-refractivity contribution >= 4 is 12.0 Å². The highest BCUT2D eigenvalue weighted by Crippen LogP contribution is 2.40. The quantitative estimate of drug-likeness (QED) is 0.862. The molecule has 0 radical (unpaired) electrons. The number of aryl methyl sites for hydroxylation is 1. The Morgan fingerprint density at radius 1 is 1.15 bits per heavy atom. The van der Waals surface area contributed by atoms with E-state index in [1.807, 2.05) is 0 Å². The van der Waals surface area contributed by atoms with Gasteiger partial charge in [-0.2, -0.15) is 0 Å². The monoisotopic (exact) mass is 358 g/mol. The van der Waals surface area contributed by atoms with Crippen LogP contribution < -0.4 is 5.32 Å². The van der Waals surface area contributed by atoms with Crippen LogP contribution in [0.2, 0.25) is 0 Å². The van der Waals surface area contributed by atoms with Gasteiger partial charge >= 0.3 is 12.0 Å². The lowest BCUT2D eigenvalue weighted by atomic mass is 9.68. The second kappa shape index (κ2) is 8.11. The van der Waals surface area contributed by atoms with E-state index in [1.165, 1.54) is 30.4 Å². The van der Waals surface area contributed by atoms with Gasteiger partial charge in [-0.1, -0.05) is 43.5 Å². The molecule has 0 atom stereocenters. The van der Waals surface area contributed by atoms with Gasteiger partial charge < -0.3 is 15.3 Å². The molecule has 2 aliphatic rings. The van der Waals surface area contributed by atoms with Crippen LogP contribution in [-0.4, -0.2) is 41.6 Å². The first-order chi connectivity index (χ1) is 12.5. The number of carboxylic acid groups (broad SMARTS) is 1. The molecule has 0 aromatic heterocycles. The fraction of sp³-hybridized carbons (Fsp3) is 0.619. The summed E-state index contributed by atoms with van der Waals surface area (Å²) in [6.45, 7) is 3.88. The van der Waals surface area contributed by atoms with Gasteiger partial charge in [0.15, 0.2) is 0 Å². The van der Waals surface area contributed by atoms with Crippen LogP contribution in [0.4, 0.5) is 4.79 Å². The lowest BCUT2D eigenvalue weighted by Gasteiger charge is -2.40. The van der Waals surface area contributed by atoms with Crippen molar-refractivity contribution in [1.29, 1.82) is 0 Å². The molecular formula is C21H30N2O3. The minimum absolute atomic E-state index is 0.0264. The topological polar surface area (TPSA) is 69.6 Å². The average molecular weight is 358 g/mol. The highest BCUT2D eigenvalue weighted by molar-refractivity contribution is 5.75. The molecule has 1 aromatic rings. The summed E-state index contributed by atoms with van der Waals surface area (Å²) in [5, 5.41) is 12.3. The molecule has 3 rings (SSSR count). The minimum atomic E-state index is -0.745. The molecule has 1 heterocycles. The maximum Gasteiger partial charge on any atom is 0.317 e. The second-order valence-electron chi connectivity index (χ2n) is 7.91. The highest BCUT2D eigenvalue weighted by Gasteiger charge is 2.36. The van der Waals surface area contributed by atoms with Gasteiger partial charge in [-0.25, -0.2) is 4.79 Å². The summed E-state index contributed by atoms with van der Waals surface area (Å²) in [4.78, 5) is 25.5. The zero-order valence-electron chi connectivity index (χ0n) is 15.7. The van der Waals surface area contributed by atoms with Crippen molar-refractivity contribution in [2.24, 2.45) is 5.92 Å².